The minimum Gasteiger partial charge on any atom is -0.467 e. The highest BCUT2D eigenvalue weighted by Crippen LogP contribution is 2.25. The lowest BCUT2D eigenvalue weighted by Crippen LogP contribution is -2.43. The number of furan rings is 1. The number of esters is 1. The number of hydrogen-bond acceptors (Lipinski definition) is 5. The molecule has 0 bridgehead atoms. The van der Waals surface area contributed by atoms with Crippen LogP contribution in [0.5, 0.6) is 0 Å². The minimum absolute atomic E-state index is 0.112. The molecule has 1 atom stereocenters. The van der Waals surface area contributed by atoms with E-state index in [-0.39, 0.29) is 18.2 Å². The molecular weight excluding hydrogens is 360 g/mol. The van der Waals surface area contributed by atoms with Gasteiger partial charge in [0.25, 0.3) is 0 Å². The molecule has 0 fully saturated rings. The van der Waals surface area contributed by atoms with Crippen molar-refractivity contribution in [2.75, 3.05) is 7.11 Å². The van der Waals surface area contributed by atoms with E-state index in [2.05, 4.69) is 0 Å². The first kappa shape index (κ1) is 21.5. The van der Waals surface area contributed by atoms with E-state index in [0.29, 0.717) is 41.1 Å². The predicted octanol–water partition coefficient (Wildman–Crippen LogP) is 3.42. The van der Waals surface area contributed by atoms with Crippen LogP contribution in [0.25, 0.3) is 0 Å². The second-order valence-corrected chi connectivity index (χ2v) is 6.88. The lowest BCUT2D eigenvalue weighted by Gasteiger charge is -2.28. The predicted molar refractivity (Wildman–Crippen MR) is 104 cm³/mol. The van der Waals surface area contributed by atoms with Gasteiger partial charge in [-0.15, -0.1) is 0 Å². The van der Waals surface area contributed by atoms with Crippen molar-refractivity contribution < 1.29 is 23.5 Å². The molecule has 7 nitrogen and oxygen atoms in total. The van der Waals surface area contributed by atoms with Gasteiger partial charge in [0, 0.05) is 24.7 Å². The van der Waals surface area contributed by atoms with E-state index in [4.69, 9.17) is 9.15 Å². The standard InChI is InChI=1S/C21H28N2O5/c1-7-9-17(24)23(12-16-10-8-11-28-16)15(4)20(25)18-13(2)19(21(26)27-6)22(5)14(18)3/h8,10-11,15H,7,9,12H2,1-6H3. The molecule has 0 aliphatic rings. The Hall–Kier alpha value is -2.83. The first-order valence-electron chi connectivity index (χ1n) is 9.34. The molecule has 0 saturated heterocycles. The summed E-state index contributed by atoms with van der Waals surface area (Å²) >= 11 is 0. The fourth-order valence-corrected chi connectivity index (χ4v) is 3.45. The number of ketones is 1. The third-order valence-corrected chi connectivity index (χ3v) is 5.09. The molecule has 2 rings (SSSR count). The summed E-state index contributed by atoms with van der Waals surface area (Å²) in [5, 5.41) is 0. The van der Waals surface area contributed by atoms with Crippen LogP contribution >= 0.6 is 0 Å². The van der Waals surface area contributed by atoms with Crippen molar-refractivity contribution in [2.45, 2.75) is 53.1 Å². The van der Waals surface area contributed by atoms with Gasteiger partial charge in [-0.2, -0.15) is 0 Å². The van der Waals surface area contributed by atoms with Gasteiger partial charge in [0.1, 0.15) is 11.5 Å². The first-order valence-corrected chi connectivity index (χ1v) is 9.34. The van der Waals surface area contributed by atoms with E-state index < -0.39 is 12.0 Å². The zero-order valence-corrected chi connectivity index (χ0v) is 17.4. The molecule has 2 heterocycles. The summed E-state index contributed by atoms with van der Waals surface area (Å²) < 4.78 is 11.9. The number of aromatic nitrogens is 1. The molecule has 0 N–H and O–H groups in total. The summed E-state index contributed by atoms with van der Waals surface area (Å²) in [4.78, 5) is 39.7. The highest BCUT2D eigenvalue weighted by atomic mass is 16.5. The van der Waals surface area contributed by atoms with E-state index in [1.165, 1.54) is 12.0 Å². The van der Waals surface area contributed by atoms with Gasteiger partial charge in [0.05, 0.1) is 26.0 Å². The van der Waals surface area contributed by atoms with Crippen LogP contribution in [0.3, 0.4) is 0 Å². The molecule has 1 amide bonds. The summed E-state index contributed by atoms with van der Waals surface area (Å²) in [6.07, 6.45) is 2.57. The van der Waals surface area contributed by atoms with Gasteiger partial charge in [-0.3, -0.25) is 9.59 Å². The number of ether oxygens (including phenoxy) is 1. The van der Waals surface area contributed by atoms with E-state index in [1.54, 1.807) is 50.8 Å². The molecule has 2 aromatic heterocycles. The van der Waals surface area contributed by atoms with Crippen LogP contribution in [-0.2, 0) is 23.1 Å². The Kier molecular flexibility index (Phi) is 6.83. The van der Waals surface area contributed by atoms with Crippen molar-refractivity contribution >= 4 is 17.7 Å². The van der Waals surface area contributed by atoms with E-state index >= 15 is 0 Å². The Morgan fingerprint density at radius 1 is 1.29 bits per heavy atom. The number of hydrogen-bond donors (Lipinski definition) is 0. The number of rotatable bonds is 8. The summed E-state index contributed by atoms with van der Waals surface area (Å²) in [6, 6.07) is 2.82. The molecule has 0 saturated carbocycles. The molecule has 2 aromatic rings. The molecule has 152 valence electrons. The number of carbonyl (C=O) groups is 3. The second-order valence-electron chi connectivity index (χ2n) is 6.88. The maximum atomic E-state index is 13.4. The maximum Gasteiger partial charge on any atom is 0.354 e. The lowest BCUT2D eigenvalue weighted by molar-refractivity contribution is -0.133. The number of nitrogens with zero attached hydrogens (tertiary/aromatic N) is 2. The Balaban J connectivity index is 2.42. The van der Waals surface area contributed by atoms with Crippen LogP contribution in [0, 0.1) is 13.8 Å². The number of carbonyl (C=O) groups excluding carboxylic acids is 3. The highest BCUT2D eigenvalue weighted by Gasteiger charge is 2.32. The van der Waals surface area contributed by atoms with Crippen molar-refractivity contribution in [2.24, 2.45) is 7.05 Å². The van der Waals surface area contributed by atoms with E-state index in [1.807, 2.05) is 6.92 Å². The van der Waals surface area contributed by atoms with Crippen LogP contribution < -0.4 is 0 Å². The third kappa shape index (κ3) is 4.03. The van der Waals surface area contributed by atoms with Crippen molar-refractivity contribution in [3.8, 4) is 0 Å². The zero-order chi connectivity index (χ0) is 21.0. The summed E-state index contributed by atoms with van der Waals surface area (Å²) in [5.74, 6) is -0.207. The summed E-state index contributed by atoms with van der Waals surface area (Å²) in [5.41, 5.74) is 2.01. The van der Waals surface area contributed by atoms with E-state index in [0.717, 1.165) is 0 Å². The Bertz CT molecular complexity index is 864. The smallest absolute Gasteiger partial charge is 0.354 e. The van der Waals surface area contributed by atoms with Gasteiger partial charge in [0.2, 0.25) is 5.91 Å². The Morgan fingerprint density at radius 2 is 1.96 bits per heavy atom. The number of Topliss-reactive ketones (excluding diaryl/α,β-unsaturated/α-hetero) is 1. The molecule has 0 radical (unpaired) electrons. The lowest BCUT2D eigenvalue weighted by atomic mass is 9.99. The van der Waals surface area contributed by atoms with Crippen molar-refractivity contribution in [1.29, 1.82) is 0 Å². The largest absolute Gasteiger partial charge is 0.467 e. The van der Waals surface area contributed by atoms with Gasteiger partial charge in [0.15, 0.2) is 5.78 Å². The average Bonchev–Trinajstić information content (AvgIpc) is 3.25. The quantitative estimate of drug-likeness (QED) is 0.511. The summed E-state index contributed by atoms with van der Waals surface area (Å²) in [7, 11) is 3.03. The normalized spacial score (nSPS) is 11.9. The van der Waals surface area contributed by atoms with Gasteiger partial charge in [-0.1, -0.05) is 6.92 Å². The SMILES string of the molecule is CCCC(=O)N(Cc1ccco1)C(C)C(=O)c1c(C)c(C(=O)OC)n(C)c1C. The van der Waals surface area contributed by atoms with Gasteiger partial charge in [-0.25, -0.2) is 4.79 Å². The molecule has 0 spiro atoms. The molecule has 7 heteroatoms. The fraction of sp³-hybridized carbons (Fsp3) is 0.476. The number of methoxy groups -OCH3 is 1. The fourth-order valence-electron chi connectivity index (χ4n) is 3.45. The molecule has 0 aromatic carbocycles. The highest BCUT2D eigenvalue weighted by molar-refractivity contribution is 6.06. The van der Waals surface area contributed by atoms with Crippen LogP contribution in [0.1, 0.15) is 64.6 Å². The molecular formula is C21H28N2O5. The monoisotopic (exact) mass is 388 g/mol. The van der Waals surface area contributed by atoms with Gasteiger partial charge in [-0.05, 0) is 44.9 Å². The zero-order valence-electron chi connectivity index (χ0n) is 17.4. The number of amides is 1. The molecule has 28 heavy (non-hydrogen) atoms. The first-order chi connectivity index (χ1) is 13.2. The van der Waals surface area contributed by atoms with Crippen LogP contribution in [0.2, 0.25) is 0 Å². The third-order valence-electron chi connectivity index (χ3n) is 5.09. The van der Waals surface area contributed by atoms with Gasteiger partial charge < -0.3 is 18.6 Å². The van der Waals surface area contributed by atoms with Crippen LogP contribution in [0.4, 0.5) is 0 Å². The Morgan fingerprint density at radius 3 is 2.50 bits per heavy atom. The van der Waals surface area contributed by atoms with Crippen molar-refractivity contribution in [1.82, 2.24) is 9.47 Å². The van der Waals surface area contributed by atoms with E-state index in [9.17, 15) is 14.4 Å². The van der Waals surface area contributed by atoms with Crippen molar-refractivity contribution in [3.05, 3.63) is 46.7 Å². The second kappa shape index (κ2) is 8.91. The molecule has 1 unspecified atom stereocenters. The topological polar surface area (TPSA) is 81.8 Å². The average molecular weight is 388 g/mol. The van der Waals surface area contributed by atoms with Crippen molar-refractivity contribution in [3.63, 3.8) is 0 Å². The van der Waals surface area contributed by atoms with Gasteiger partial charge >= 0.3 is 5.97 Å². The summed E-state index contributed by atoms with van der Waals surface area (Å²) in [6.45, 7) is 7.35. The van der Waals surface area contributed by atoms with Crippen LogP contribution in [-0.4, -0.2) is 40.3 Å². The molecule has 0 aliphatic carbocycles. The molecule has 0 aliphatic heterocycles. The van der Waals surface area contributed by atoms with Crippen LogP contribution in [0.15, 0.2) is 22.8 Å². The maximum absolute atomic E-state index is 13.4. The Labute approximate surface area is 165 Å². The minimum atomic E-state index is -0.700.